The van der Waals surface area contributed by atoms with Crippen LogP contribution < -0.4 is 5.32 Å². The molecule has 2 rings (SSSR count). The van der Waals surface area contributed by atoms with Crippen LogP contribution in [0.1, 0.15) is 10.7 Å². The summed E-state index contributed by atoms with van der Waals surface area (Å²) in [6.07, 6.45) is 0. The summed E-state index contributed by atoms with van der Waals surface area (Å²) in [5, 5.41) is 9.11. The molecule has 96 valence electrons. The van der Waals surface area contributed by atoms with E-state index in [4.69, 9.17) is 11.6 Å². The minimum atomic E-state index is -0.110. The van der Waals surface area contributed by atoms with E-state index in [0.717, 1.165) is 15.0 Å². The van der Waals surface area contributed by atoms with Gasteiger partial charge in [-0.2, -0.15) is 4.98 Å². The van der Waals surface area contributed by atoms with Crippen LogP contribution in [-0.2, 0) is 10.5 Å². The standard InChI is InChI=1S/C10H11ClN4OS2/c1-6-12-10(15-14-6)13-9(16)5-17-4-7-2-3-8(11)18-7/h2-3H,4-5H2,1H3,(H2,12,13,14,15,16). The first-order valence-corrected chi connectivity index (χ1v) is 7.49. The van der Waals surface area contributed by atoms with E-state index in [1.807, 2.05) is 12.1 Å². The summed E-state index contributed by atoms with van der Waals surface area (Å²) in [5.41, 5.74) is 0. The van der Waals surface area contributed by atoms with Gasteiger partial charge in [0.1, 0.15) is 5.82 Å². The fraction of sp³-hybridized carbons (Fsp3) is 0.300. The lowest BCUT2D eigenvalue weighted by molar-refractivity contribution is -0.113. The minimum absolute atomic E-state index is 0.110. The van der Waals surface area contributed by atoms with Crippen molar-refractivity contribution in [3.8, 4) is 0 Å². The van der Waals surface area contributed by atoms with E-state index in [1.54, 1.807) is 6.92 Å². The van der Waals surface area contributed by atoms with Gasteiger partial charge < -0.3 is 0 Å². The van der Waals surface area contributed by atoms with Gasteiger partial charge in [0.05, 0.1) is 10.1 Å². The van der Waals surface area contributed by atoms with Gasteiger partial charge in [-0.3, -0.25) is 15.2 Å². The van der Waals surface area contributed by atoms with E-state index >= 15 is 0 Å². The van der Waals surface area contributed by atoms with E-state index in [-0.39, 0.29) is 5.91 Å². The zero-order valence-electron chi connectivity index (χ0n) is 9.57. The average Bonchev–Trinajstić information content (AvgIpc) is 2.88. The SMILES string of the molecule is Cc1nc(NC(=O)CSCc2ccc(Cl)s2)n[nH]1. The number of nitrogens with zero attached hydrogens (tertiary/aromatic N) is 2. The largest absolute Gasteiger partial charge is 0.293 e. The quantitative estimate of drug-likeness (QED) is 0.891. The molecular formula is C10H11ClN4OS2. The number of aromatic amines is 1. The molecule has 2 N–H and O–H groups in total. The smallest absolute Gasteiger partial charge is 0.248 e. The lowest BCUT2D eigenvalue weighted by Crippen LogP contribution is -2.15. The normalized spacial score (nSPS) is 10.6. The number of thioether (sulfide) groups is 1. The molecule has 0 unspecified atom stereocenters. The van der Waals surface area contributed by atoms with Crippen LogP contribution in [0.4, 0.5) is 5.95 Å². The molecule has 0 aliphatic carbocycles. The number of hydrogen-bond donors (Lipinski definition) is 2. The highest BCUT2D eigenvalue weighted by Gasteiger charge is 2.06. The van der Waals surface area contributed by atoms with Crippen LogP contribution in [0.25, 0.3) is 0 Å². The maximum absolute atomic E-state index is 11.6. The molecule has 5 nitrogen and oxygen atoms in total. The molecule has 2 aromatic heterocycles. The highest BCUT2D eigenvalue weighted by molar-refractivity contribution is 7.99. The first kappa shape index (κ1) is 13.4. The van der Waals surface area contributed by atoms with E-state index in [0.29, 0.717) is 17.5 Å². The Hall–Kier alpha value is -1.05. The van der Waals surface area contributed by atoms with Gasteiger partial charge in [-0.25, -0.2) is 0 Å². The molecule has 0 atom stereocenters. The molecule has 0 fully saturated rings. The molecule has 1 amide bonds. The van der Waals surface area contributed by atoms with E-state index in [2.05, 4.69) is 20.5 Å². The number of thiophene rings is 1. The number of H-pyrrole nitrogens is 1. The number of nitrogens with one attached hydrogen (secondary N) is 2. The fourth-order valence-corrected chi connectivity index (χ4v) is 3.26. The minimum Gasteiger partial charge on any atom is -0.293 e. The Labute approximate surface area is 117 Å². The van der Waals surface area contributed by atoms with Crippen LogP contribution in [-0.4, -0.2) is 26.8 Å². The number of amides is 1. The van der Waals surface area contributed by atoms with E-state index in [9.17, 15) is 4.79 Å². The molecule has 0 saturated heterocycles. The number of anilines is 1. The zero-order chi connectivity index (χ0) is 13.0. The van der Waals surface area contributed by atoms with Crippen molar-refractivity contribution < 1.29 is 4.79 Å². The van der Waals surface area contributed by atoms with Crippen molar-refractivity contribution in [1.29, 1.82) is 0 Å². The number of aromatic nitrogens is 3. The Morgan fingerprint density at radius 3 is 3.06 bits per heavy atom. The highest BCUT2D eigenvalue weighted by Crippen LogP contribution is 2.25. The second-order valence-corrected chi connectivity index (χ2v) is 6.28. The number of carbonyl (C=O) groups excluding carboxylic acids is 1. The lowest BCUT2D eigenvalue weighted by atomic mass is 10.5. The second-order valence-electron chi connectivity index (χ2n) is 3.49. The maximum atomic E-state index is 11.6. The Kier molecular flexibility index (Phi) is 4.62. The second kappa shape index (κ2) is 6.21. The summed E-state index contributed by atoms with van der Waals surface area (Å²) in [7, 11) is 0. The third kappa shape index (κ3) is 4.01. The summed E-state index contributed by atoms with van der Waals surface area (Å²) in [6, 6.07) is 3.83. The Bertz CT molecular complexity index is 539. The monoisotopic (exact) mass is 302 g/mol. The van der Waals surface area contributed by atoms with Gasteiger partial charge in [-0.05, 0) is 19.1 Å². The lowest BCUT2D eigenvalue weighted by Gasteiger charge is -2.00. The van der Waals surface area contributed by atoms with Gasteiger partial charge in [-0.1, -0.05) is 11.6 Å². The summed E-state index contributed by atoms with van der Waals surface area (Å²) >= 11 is 8.88. The van der Waals surface area contributed by atoms with Crippen molar-refractivity contribution in [2.75, 3.05) is 11.1 Å². The molecule has 0 aliphatic rings. The summed E-state index contributed by atoms with van der Waals surface area (Å²) in [6.45, 7) is 1.78. The fourth-order valence-electron chi connectivity index (χ4n) is 1.23. The predicted molar refractivity (Wildman–Crippen MR) is 75.2 cm³/mol. The molecular weight excluding hydrogens is 292 g/mol. The molecule has 2 heterocycles. The molecule has 2 aromatic rings. The van der Waals surface area contributed by atoms with Gasteiger partial charge in [-0.15, -0.1) is 28.2 Å². The van der Waals surface area contributed by atoms with E-state index in [1.165, 1.54) is 23.1 Å². The molecule has 8 heteroatoms. The van der Waals surface area contributed by atoms with Gasteiger partial charge in [0, 0.05) is 10.6 Å². The third-order valence-corrected chi connectivity index (χ3v) is 4.35. The Balaban J connectivity index is 1.72. The van der Waals surface area contributed by atoms with Crippen molar-refractivity contribution in [1.82, 2.24) is 15.2 Å². The summed E-state index contributed by atoms with van der Waals surface area (Å²) < 4.78 is 0.770. The number of halogens is 1. The topological polar surface area (TPSA) is 70.7 Å². The van der Waals surface area contributed by atoms with Gasteiger partial charge >= 0.3 is 0 Å². The number of carbonyl (C=O) groups is 1. The van der Waals surface area contributed by atoms with Crippen LogP contribution in [0, 0.1) is 6.92 Å². The van der Waals surface area contributed by atoms with Gasteiger partial charge in [0.25, 0.3) is 0 Å². The Morgan fingerprint density at radius 1 is 1.61 bits per heavy atom. The molecule has 0 saturated carbocycles. The summed E-state index contributed by atoms with van der Waals surface area (Å²) in [4.78, 5) is 16.7. The molecule has 0 aromatic carbocycles. The molecule has 0 bridgehead atoms. The van der Waals surface area contributed by atoms with Crippen molar-refractivity contribution >= 4 is 46.6 Å². The van der Waals surface area contributed by atoms with Crippen LogP contribution in [0.3, 0.4) is 0 Å². The van der Waals surface area contributed by atoms with Crippen molar-refractivity contribution in [2.24, 2.45) is 0 Å². The summed E-state index contributed by atoms with van der Waals surface area (Å²) in [5.74, 6) is 2.02. The Morgan fingerprint density at radius 2 is 2.44 bits per heavy atom. The van der Waals surface area contributed by atoms with Crippen molar-refractivity contribution in [3.05, 3.63) is 27.2 Å². The highest BCUT2D eigenvalue weighted by atomic mass is 35.5. The van der Waals surface area contributed by atoms with Crippen LogP contribution in [0.5, 0.6) is 0 Å². The van der Waals surface area contributed by atoms with Crippen LogP contribution in [0.2, 0.25) is 4.34 Å². The number of rotatable bonds is 5. The number of aryl methyl sites for hydroxylation is 1. The third-order valence-electron chi connectivity index (χ3n) is 1.95. The molecule has 0 spiro atoms. The van der Waals surface area contributed by atoms with E-state index < -0.39 is 0 Å². The van der Waals surface area contributed by atoms with Gasteiger partial charge in [0.2, 0.25) is 11.9 Å². The zero-order valence-corrected chi connectivity index (χ0v) is 12.0. The van der Waals surface area contributed by atoms with Crippen LogP contribution in [0.15, 0.2) is 12.1 Å². The van der Waals surface area contributed by atoms with Crippen molar-refractivity contribution in [3.63, 3.8) is 0 Å². The predicted octanol–water partition coefficient (Wildman–Crippen LogP) is 2.70. The average molecular weight is 303 g/mol. The number of hydrogen-bond acceptors (Lipinski definition) is 5. The maximum Gasteiger partial charge on any atom is 0.248 e. The van der Waals surface area contributed by atoms with Crippen LogP contribution >= 0.6 is 34.7 Å². The first-order chi connectivity index (χ1) is 8.63. The van der Waals surface area contributed by atoms with Gasteiger partial charge in [0.15, 0.2) is 0 Å². The van der Waals surface area contributed by atoms with Crippen molar-refractivity contribution in [2.45, 2.75) is 12.7 Å². The molecule has 18 heavy (non-hydrogen) atoms. The molecule has 0 aliphatic heterocycles. The first-order valence-electron chi connectivity index (χ1n) is 5.14. The molecule has 0 radical (unpaired) electrons.